The molecule has 0 aliphatic carbocycles. The number of benzene rings is 1. The van der Waals surface area contributed by atoms with Crippen LogP contribution in [0.3, 0.4) is 0 Å². The van der Waals surface area contributed by atoms with Crippen molar-refractivity contribution in [2.45, 2.75) is 13.8 Å². The third-order valence-corrected chi connectivity index (χ3v) is 3.46. The van der Waals surface area contributed by atoms with Crippen molar-refractivity contribution in [3.8, 4) is 11.4 Å². The smallest absolute Gasteiger partial charge is 0.199 e. The molecule has 0 spiro atoms. The Morgan fingerprint density at radius 1 is 1.05 bits per heavy atom. The summed E-state index contributed by atoms with van der Waals surface area (Å²) in [6.45, 7) is 3.39. The van der Waals surface area contributed by atoms with Crippen molar-refractivity contribution in [3.63, 3.8) is 0 Å². The summed E-state index contributed by atoms with van der Waals surface area (Å²) in [4.78, 5) is 4.06. The molecule has 0 aliphatic rings. The van der Waals surface area contributed by atoms with E-state index in [1.807, 2.05) is 0 Å². The van der Waals surface area contributed by atoms with E-state index in [-0.39, 0.29) is 16.6 Å². The van der Waals surface area contributed by atoms with Crippen LogP contribution in [0, 0.1) is 31.3 Å². The molecule has 0 unspecified atom stereocenters. The molecule has 21 heavy (non-hydrogen) atoms. The summed E-state index contributed by atoms with van der Waals surface area (Å²) in [5.41, 5.74) is 0.862. The van der Waals surface area contributed by atoms with Crippen LogP contribution in [0.4, 0.5) is 13.2 Å². The number of fused-ring (bicyclic) bond motifs is 1. The third kappa shape index (κ3) is 2.04. The number of nitrogens with zero attached hydrogens (tertiary/aromatic N) is 4. The lowest BCUT2D eigenvalue weighted by Crippen LogP contribution is -2.03. The second-order valence-corrected chi connectivity index (χ2v) is 4.86. The first-order valence-corrected chi connectivity index (χ1v) is 6.30. The molecule has 0 fully saturated rings. The van der Waals surface area contributed by atoms with Crippen LogP contribution in [0.15, 0.2) is 12.1 Å². The molecule has 2 heterocycles. The summed E-state index contributed by atoms with van der Waals surface area (Å²) in [7, 11) is 0. The normalized spacial score (nSPS) is 11.3. The molecule has 0 saturated heterocycles. The molecule has 0 atom stereocenters. The monoisotopic (exact) mass is 312 g/mol. The first-order chi connectivity index (χ1) is 9.90. The Morgan fingerprint density at radius 2 is 1.67 bits per heavy atom. The second-order valence-electron chi connectivity index (χ2n) is 4.50. The Bertz CT molecular complexity index is 852. The van der Waals surface area contributed by atoms with Gasteiger partial charge in [-0.15, -0.1) is 10.2 Å². The predicted molar refractivity (Wildman–Crippen MR) is 70.6 cm³/mol. The summed E-state index contributed by atoms with van der Waals surface area (Å²) in [5, 5.41) is 7.63. The lowest BCUT2D eigenvalue weighted by molar-refractivity contribution is 0.546. The van der Waals surface area contributed by atoms with E-state index in [4.69, 9.17) is 11.6 Å². The first kappa shape index (κ1) is 13.8. The Labute approximate surface area is 122 Å². The molecule has 8 heteroatoms. The van der Waals surface area contributed by atoms with Gasteiger partial charge in [0.15, 0.2) is 16.6 Å². The van der Waals surface area contributed by atoms with Crippen LogP contribution in [0.25, 0.3) is 17.0 Å². The highest BCUT2D eigenvalue weighted by Crippen LogP contribution is 2.28. The van der Waals surface area contributed by atoms with Crippen LogP contribution in [0.1, 0.15) is 11.4 Å². The van der Waals surface area contributed by atoms with Crippen molar-refractivity contribution < 1.29 is 13.2 Å². The van der Waals surface area contributed by atoms with Crippen LogP contribution >= 0.6 is 11.6 Å². The highest BCUT2D eigenvalue weighted by atomic mass is 35.5. The number of hydrogen-bond acceptors (Lipinski definition) is 3. The number of hydrogen-bond donors (Lipinski definition) is 0. The van der Waals surface area contributed by atoms with E-state index in [0.29, 0.717) is 23.5 Å². The van der Waals surface area contributed by atoms with Crippen LogP contribution in [0.5, 0.6) is 0 Å². The molecule has 0 aliphatic heterocycles. The van der Waals surface area contributed by atoms with Gasteiger partial charge < -0.3 is 0 Å². The molecule has 0 saturated carbocycles. The Morgan fingerprint density at radius 3 is 2.29 bits per heavy atom. The maximum Gasteiger partial charge on any atom is 0.199 e. The van der Waals surface area contributed by atoms with Gasteiger partial charge in [0.25, 0.3) is 0 Å². The van der Waals surface area contributed by atoms with Gasteiger partial charge in [0.1, 0.15) is 17.5 Å². The zero-order valence-electron chi connectivity index (χ0n) is 11.0. The average Bonchev–Trinajstić information content (AvgIpc) is 2.80. The number of halogens is 4. The average molecular weight is 313 g/mol. The van der Waals surface area contributed by atoms with Crippen molar-refractivity contribution in [2.75, 3.05) is 0 Å². The van der Waals surface area contributed by atoms with E-state index in [1.165, 1.54) is 4.40 Å². The molecule has 3 aromatic rings. The van der Waals surface area contributed by atoms with Crippen LogP contribution < -0.4 is 0 Å². The number of aromatic nitrogens is 4. The van der Waals surface area contributed by atoms with Gasteiger partial charge in [-0.2, -0.15) is 0 Å². The fourth-order valence-electron chi connectivity index (χ4n) is 2.09. The van der Waals surface area contributed by atoms with Crippen LogP contribution in [0.2, 0.25) is 5.15 Å². The van der Waals surface area contributed by atoms with Gasteiger partial charge in [0.2, 0.25) is 0 Å². The maximum atomic E-state index is 13.9. The fourth-order valence-corrected chi connectivity index (χ4v) is 2.34. The highest BCUT2D eigenvalue weighted by Gasteiger charge is 2.22. The lowest BCUT2D eigenvalue weighted by Gasteiger charge is -2.08. The van der Waals surface area contributed by atoms with E-state index in [2.05, 4.69) is 15.2 Å². The molecule has 0 bridgehead atoms. The Balaban J connectivity index is 2.43. The van der Waals surface area contributed by atoms with Crippen molar-refractivity contribution in [2.24, 2.45) is 0 Å². The quantitative estimate of drug-likeness (QED) is 0.691. The summed E-state index contributed by atoms with van der Waals surface area (Å²) in [5.74, 6) is -3.22. The largest absolute Gasteiger partial charge is 0.275 e. The minimum atomic E-state index is -1.06. The zero-order chi connectivity index (χ0) is 15.3. The maximum absolute atomic E-state index is 13.9. The summed E-state index contributed by atoms with van der Waals surface area (Å²) < 4.78 is 42.3. The van der Waals surface area contributed by atoms with Crippen molar-refractivity contribution >= 4 is 17.2 Å². The van der Waals surface area contributed by atoms with Gasteiger partial charge in [-0.25, -0.2) is 18.2 Å². The molecule has 0 amide bonds. The van der Waals surface area contributed by atoms with E-state index < -0.39 is 23.0 Å². The van der Waals surface area contributed by atoms with E-state index in [0.717, 1.165) is 0 Å². The molecular weight excluding hydrogens is 305 g/mol. The fraction of sp³-hybridized carbons (Fsp3) is 0.154. The summed E-state index contributed by atoms with van der Waals surface area (Å²) in [6.07, 6.45) is 0. The lowest BCUT2D eigenvalue weighted by atomic mass is 10.1. The molecule has 2 aromatic heterocycles. The third-order valence-electron chi connectivity index (χ3n) is 3.20. The summed E-state index contributed by atoms with van der Waals surface area (Å²) in [6, 6.07) is 1.18. The molecule has 108 valence electrons. The topological polar surface area (TPSA) is 43.1 Å². The van der Waals surface area contributed by atoms with Crippen LogP contribution in [-0.2, 0) is 0 Å². The van der Waals surface area contributed by atoms with Gasteiger partial charge in [-0.3, -0.25) is 4.40 Å². The zero-order valence-corrected chi connectivity index (χ0v) is 11.7. The molecule has 0 N–H and O–H groups in total. The Kier molecular flexibility index (Phi) is 3.09. The molecular formula is C13H8ClF3N4. The predicted octanol–water partition coefficient (Wildman–Crippen LogP) is 3.48. The van der Waals surface area contributed by atoms with Crippen molar-refractivity contribution in [1.29, 1.82) is 0 Å². The second kappa shape index (κ2) is 4.70. The Hall–Kier alpha value is -2.15. The van der Waals surface area contributed by atoms with Crippen molar-refractivity contribution in [1.82, 2.24) is 19.6 Å². The van der Waals surface area contributed by atoms with Gasteiger partial charge in [-0.05, 0) is 13.8 Å². The standard InChI is InChI=1S/C13H8ClF3N4/c1-5-6(2)21-12(19-20-13(21)11(14)18-5)10-8(16)3-7(15)4-9(10)17/h3-4H,1-2H3. The van der Waals surface area contributed by atoms with Gasteiger partial charge in [-0.1, -0.05) is 11.6 Å². The van der Waals surface area contributed by atoms with Crippen molar-refractivity contribution in [3.05, 3.63) is 46.1 Å². The SMILES string of the molecule is Cc1nc(Cl)c2nnc(-c3c(F)cc(F)cc3F)n2c1C. The highest BCUT2D eigenvalue weighted by molar-refractivity contribution is 6.32. The molecule has 0 radical (unpaired) electrons. The van der Waals surface area contributed by atoms with E-state index >= 15 is 0 Å². The number of aryl methyl sites for hydroxylation is 2. The number of rotatable bonds is 1. The minimum Gasteiger partial charge on any atom is -0.275 e. The molecule has 3 rings (SSSR count). The van der Waals surface area contributed by atoms with Gasteiger partial charge in [0.05, 0.1) is 11.3 Å². The summed E-state index contributed by atoms with van der Waals surface area (Å²) >= 11 is 5.96. The van der Waals surface area contributed by atoms with Crippen LogP contribution in [-0.4, -0.2) is 19.6 Å². The molecule has 4 nitrogen and oxygen atoms in total. The minimum absolute atomic E-state index is 0.0692. The van der Waals surface area contributed by atoms with E-state index in [1.54, 1.807) is 13.8 Å². The molecule has 1 aromatic carbocycles. The van der Waals surface area contributed by atoms with Gasteiger partial charge >= 0.3 is 0 Å². The van der Waals surface area contributed by atoms with E-state index in [9.17, 15) is 13.2 Å². The first-order valence-electron chi connectivity index (χ1n) is 5.93. The van der Waals surface area contributed by atoms with Gasteiger partial charge in [0, 0.05) is 17.8 Å².